The van der Waals surface area contributed by atoms with Crippen molar-refractivity contribution in [1.29, 1.82) is 0 Å². The first kappa shape index (κ1) is 20.3. The molecular weight excluding hydrogens is 354 g/mol. The Bertz CT molecular complexity index is 845. The number of aryl methyl sites for hydroxylation is 2. The number of likely N-dealkylation sites (N-methyl/N-ethyl adjacent to an activating group) is 1. The van der Waals surface area contributed by atoms with Crippen molar-refractivity contribution >= 4 is 11.7 Å². The number of carbonyl (C=O) groups excluding carboxylic acids is 1. The van der Waals surface area contributed by atoms with Crippen LogP contribution in [0.4, 0.5) is 5.82 Å². The molecule has 8 nitrogen and oxygen atoms in total. The van der Waals surface area contributed by atoms with Crippen molar-refractivity contribution < 1.29 is 4.79 Å². The van der Waals surface area contributed by atoms with Crippen LogP contribution in [0, 0.1) is 13.8 Å². The van der Waals surface area contributed by atoms with Gasteiger partial charge in [0.2, 0.25) is 5.82 Å². The molecule has 3 rings (SSSR count). The Kier molecular flexibility index (Phi) is 5.98. The van der Waals surface area contributed by atoms with Crippen LogP contribution in [-0.2, 0) is 13.1 Å². The van der Waals surface area contributed by atoms with Gasteiger partial charge in [-0.05, 0) is 41.3 Å². The molecule has 1 amide bonds. The van der Waals surface area contributed by atoms with E-state index < -0.39 is 0 Å². The quantitative estimate of drug-likeness (QED) is 0.754. The molecule has 152 valence electrons. The highest BCUT2D eigenvalue weighted by molar-refractivity contribution is 5.90. The lowest BCUT2D eigenvalue weighted by Gasteiger charge is -2.24. The summed E-state index contributed by atoms with van der Waals surface area (Å²) in [4.78, 5) is 32.7. The van der Waals surface area contributed by atoms with E-state index in [1.165, 1.54) is 0 Å². The summed E-state index contributed by atoms with van der Waals surface area (Å²) in [6.45, 7) is 9.15. The van der Waals surface area contributed by atoms with Crippen molar-refractivity contribution in [2.45, 2.75) is 46.3 Å². The average Bonchev–Trinajstić information content (AvgIpc) is 3.32. The Hall–Kier alpha value is -2.48. The van der Waals surface area contributed by atoms with Crippen LogP contribution in [0.3, 0.4) is 0 Å². The molecule has 1 aliphatic heterocycles. The number of amides is 1. The lowest BCUT2D eigenvalue weighted by atomic mass is 10.2. The smallest absolute Gasteiger partial charge is 0.291 e. The molecule has 28 heavy (non-hydrogen) atoms. The third-order valence-electron chi connectivity index (χ3n) is 5.62. The summed E-state index contributed by atoms with van der Waals surface area (Å²) >= 11 is 0. The van der Waals surface area contributed by atoms with Gasteiger partial charge in [-0.3, -0.25) is 4.79 Å². The molecule has 0 aliphatic carbocycles. The number of nitrogens with zero attached hydrogens (tertiary/aromatic N) is 7. The van der Waals surface area contributed by atoms with Gasteiger partial charge in [-0.1, -0.05) is 0 Å². The van der Waals surface area contributed by atoms with E-state index >= 15 is 0 Å². The fourth-order valence-corrected chi connectivity index (χ4v) is 3.61. The van der Waals surface area contributed by atoms with Crippen LogP contribution < -0.4 is 4.90 Å². The third kappa shape index (κ3) is 4.01. The third-order valence-corrected chi connectivity index (χ3v) is 5.62. The SMILES string of the molecule is CCn1ccnc1CN(C)C(=O)c1nc(C)c(C)c(N2CC[C@@H](N(C)C)C2)n1. The molecule has 1 fully saturated rings. The zero-order chi connectivity index (χ0) is 20.4. The van der Waals surface area contributed by atoms with Crippen LogP contribution >= 0.6 is 0 Å². The maximum absolute atomic E-state index is 13.0. The summed E-state index contributed by atoms with van der Waals surface area (Å²) in [5.74, 6) is 1.81. The minimum absolute atomic E-state index is 0.182. The van der Waals surface area contributed by atoms with Crippen molar-refractivity contribution in [3.63, 3.8) is 0 Å². The van der Waals surface area contributed by atoms with E-state index in [0.29, 0.717) is 12.6 Å². The van der Waals surface area contributed by atoms with E-state index in [0.717, 1.165) is 49.0 Å². The molecule has 3 heterocycles. The van der Waals surface area contributed by atoms with Gasteiger partial charge in [-0.25, -0.2) is 15.0 Å². The standard InChI is InChI=1S/C20H31N7O/c1-7-26-11-9-21-17(26)13-25(6)20(28)18-22-15(3)14(2)19(23-18)27-10-8-16(12-27)24(4)5/h9,11,16H,7-8,10,12-13H2,1-6H3/t16-/m1/s1. The Morgan fingerprint density at radius 3 is 2.64 bits per heavy atom. The van der Waals surface area contributed by atoms with Crippen LogP contribution in [-0.4, -0.2) is 75.5 Å². The van der Waals surface area contributed by atoms with Crippen molar-refractivity contribution in [2.24, 2.45) is 0 Å². The fraction of sp³-hybridized carbons (Fsp3) is 0.600. The highest BCUT2D eigenvalue weighted by atomic mass is 16.2. The average molecular weight is 386 g/mol. The Balaban J connectivity index is 1.82. The van der Waals surface area contributed by atoms with E-state index in [2.05, 4.69) is 45.8 Å². The van der Waals surface area contributed by atoms with E-state index in [1.54, 1.807) is 18.1 Å². The van der Waals surface area contributed by atoms with Gasteiger partial charge in [-0.2, -0.15) is 0 Å². The summed E-state index contributed by atoms with van der Waals surface area (Å²) in [6, 6.07) is 0.504. The van der Waals surface area contributed by atoms with Crippen molar-refractivity contribution in [3.8, 4) is 0 Å². The Morgan fingerprint density at radius 2 is 2.00 bits per heavy atom. The lowest BCUT2D eigenvalue weighted by molar-refractivity contribution is 0.0767. The lowest BCUT2D eigenvalue weighted by Crippen LogP contribution is -2.33. The predicted molar refractivity (Wildman–Crippen MR) is 110 cm³/mol. The maximum Gasteiger partial charge on any atom is 0.291 e. The van der Waals surface area contributed by atoms with E-state index in [1.807, 2.05) is 24.6 Å². The fourth-order valence-electron chi connectivity index (χ4n) is 3.61. The van der Waals surface area contributed by atoms with E-state index in [9.17, 15) is 4.79 Å². The van der Waals surface area contributed by atoms with Gasteiger partial charge in [0.25, 0.3) is 5.91 Å². The van der Waals surface area contributed by atoms with Crippen molar-refractivity contribution in [1.82, 2.24) is 29.3 Å². The highest BCUT2D eigenvalue weighted by Crippen LogP contribution is 2.25. The van der Waals surface area contributed by atoms with Crippen LogP contribution in [0.2, 0.25) is 0 Å². The molecule has 0 aromatic carbocycles. The molecule has 2 aromatic heterocycles. The molecule has 0 unspecified atom stereocenters. The number of aromatic nitrogens is 4. The monoisotopic (exact) mass is 385 g/mol. The number of carbonyl (C=O) groups is 1. The number of hydrogen-bond acceptors (Lipinski definition) is 6. The van der Waals surface area contributed by atoms with Gasteiger partial charge in [0, 0.05) is 56.4 Å². The minimum atomic E-state index is -0.182. The maximum atomic E-state index is 13.0. The van der Waals surface area contributed by atoms with Crippen LogP contribution in [0.5, 0.6) is 0 Å². The molecule has 1 saturated heterocycles. The second-order valence-electron chi connectivity index (χ2n) is 7.72. The second-order valence-corrected chi connectivity index (χ2v) is 7.72. The number of imidazole rings is 1. The predicted octanol–water partition coefficient (Wildman–Crippen LogP) is 1.72. The van der Waals surface area contributed by atoms with Gasteiger partial charge < -0.3 is 19.3 Å². The van der Waals surface area contributed by atoms with Crippen LogP contribution in [0.15, 0.2) is 12.4 Å². The first-order chi connectivity index (χ1) is 13.3. The van der Waals surface area contributed by atoms with Crippen molar-refractivity contribution in [3.05, 3.63) is 35.3 Å². The minimum Gasteiger partial charge on any atom is -0.355 e. The van der Waals surface area contributed by atoms with Gasteiger partial charge in [0.1, 0.15) is 11.6 Å². The zero-order valence-electron chi connectivity index (χ0n) is 17.8. The molecule has 0 spiro atoms. The summed E-state index contributed by atoms with van der Waals surface area (Å²) in [5.41, 5.74) is 1.89. The molecule has 0 saturated carbocycles. The first-order valence-electron chi connectivity index (χ1n) is 9.83. The van der Waals surface area contributed by atoms with Crippen LogP contribution in [0.25, 0.3) is 0 Å². The van der Waals surface area contributed by atoms with Crippen molar-refractivity contribution in [2.75, 3.05) is 39.1 Å². The van der Waals surface area contributed by atoms with Gasteiger partial charge in [-0.15, -0.1) is 0 Å². The Morgan fingerprint density at radius 1 is 1.25 bits per heavy atom. The topological polar surface area (TPSA) is 70.4 Å². The molecule has 2 aromatic rings. The summed E-state index contributed by atoms with van der Waals surface area (Å²) in [7, 11) is 5.99. The number of rotatable bonds is 6. The van der Waals surface area contributed by atoms with Gasteiger partial charge in [0.15, 0.2) is 0 Å². The highest BCUT2D eigenvalue weighted by Gasteiger charge is 2.28. The molecular formula is C20H31N7O. The molecule has 1 atom stereocenters. The molecule has 0 bridgehead atoms. The van der Waals surface area contributed by atoms with Crippen LogP contribution in [0.1, 0.15) is 41.0 Å². The van der Waals surface area contributed by atoms with E-state index in [4.69, 9.17) is 0 Å². The second kappa shape index (κ2) is 8.26. The van der Waals surface area contributed by atoms with Gasteiger partial charge in [0.05, 0.1) is 6.54 Å². The summed E-state index contributed by atoms with van der Waals surface area (Å²) < 4.78 is 2.03. The van der Waals surface area contributed by atoms with E-state index in [-0.39, 0.29) is 11.7 Å². The molecule has 0 N–H and O–H groups in total. The number of anilines is 1. The molecule has 8 heteroatoms. The summed E-state index contributed by atoms with van der Waals surface area (Å²) in [5, 5.41) is 0. The number of hydrogen-bond donors (Lipinski definition) is 0. The first-order valence-corrected chi connectivity index (χ1v) is 9.83. The summed E-state index contributed by atoms with van der Waals surface area (Å²) in [6.07, 6.45) is 4.78. The normalized spacial score (nSPS) is 16.8. The zero-order valence-corrected chi connectivity index (χ0v) is 17.8. The molecule has 0 radical (unpaired) electrons. The van der Waals surface area contributed by atoms with Gasteiger partial charge >= 0.3 is 0 Å². The largest absolute Gasteiger partial charge is 0.355 e. The Labute approximate surface area is 167 Å². The molecule has 1 aliphatic rings.